The summed E-state index contributed by atoms with van der Waals surface area (Å²) in [5.41, 5.74) is 3.53. The number of hydrogen-bond donors (Lipinski definition) is 2. The molecule has 0 saturated heterocycles. The van der Waals surface area contributed by atoms with Gasteiger partial charge in [-0.25, -0.2) is 20.6 Å². The van der Waals surface area contributed by atoms with Crippen LogP contribution in [0.1, 0.15) is 16.2 Å². The zero-order valence-electron chi connectivity index (χ0n) is 10.8. The zero-order chi connectivity index (χ0) is 14.8. The number of nitrogens with zero attached hydrogens (tertiary/aromatic N) is 3. The Kier molecular flexibility index (Phi) is 3.20. The van der Waals surface area contributed by atoms with Gasteiger partial charge < -0.3 is 4.42 Å². The summed E-state index contributed by atoms with van der Waals surface area (Å²) in [4.78, 5) is 31.6. The first-order chi connectivity index (χ1) is 10.2. The predicted octanol–water partition coefficient (Wildman–Crippen LogP) is 0.0363. The molecule has 0 aliphatic heterocycles. The van der Waals surface area contributed by atoms with Crippen molar-refractivity contribution in [1.29, 1.82) is 0 Å². The Bertz CT molecular complexity index is 867. The molecule has 3 rings (SSSR count). The van der Waals surface area contributed by atoms with Gasteiger partial charge in [-0.2, -0.15) is 0 Å². The quantitative estimate of drug-likeness (QED) is 0.398. The van der Waals surface area contributed by atoms with Crippen LogP contribution in [0.15, 0.2) is 45.7 Å². The second kappa shape index (κ2) is 5.17. The van der Waals surface area contributed by atoms with Crippen LogP contribution in [0.5, 0.6) is 0 Å². The number of carbonyl (C=O) groups excluding carboxylic acids is 1. The number of nitrogen functional groups attached to an aromatic ring is 1. The molecule has 0 radical (unpaired) electrons. The third kappa shape index (κ3) is 2.39. The summed E-state index contributed by atoms with van der Waals surface area (Å²) in [6.07, 6.45) is 1.57. The van der Waals surface area contributed by atoms with Gasteiger partial charge in [-0.1, -0.05) is 6.07 Å². The van der Waals surface area contributed by atoms with E-state index in [2.05, 4.69) is 9.97 Å². The molecular weight excluding hydrogens is 274 g/mol. The lowest BCUT2D eigenvalue weighted by Gasteiger charge is -2.04. The summed E-state index contributed by atoms with van der Waals surface area (Å²) in [6, 6.07) is 8.22. The van der Waals surface area contributed by atoms with E-state index in [4.69, 9.17) is 10.3 Å². The van der Waals surface area contributed by atoms with Gasteiger partial charge in [0.2, 0.25) is 0 Å². The zero-order valence-corrected chi connectivity index (χ0v) is 10.8. The van der Waals surface area contributed by atoms with E-state index in [9.17, 15) is 9.59 Å². The average Bonchev–Trinajstić information content (AvgIpc) is 2.83. The molecule has 8 nitrogen and oxygen atoms in total. The predicted molar refractivity (Wildman–Crippen MR) is 73.3 cm³/mol. The lowest BCUT2D eigenvalue weighted by molar-refractivity contribution is 0.0948. The van der Waals surface area contributed by atoms with Crippen molar-refractivity contribution in [3.63, 3.8) is 0 Å². The second-order valence-corrected chi connectivity index (χ2v) is 4.27. The van der Waals surface area contributed by atoms with Gasteiger partial charge in [0.25, 0.3) is 5.91 Å². The van der Waals surface area contributed by atoms with Crippen LogP contribution in [0.2, 0.25) is 0 Å². The van der Waals surface area contributed by atoms with Crippen molar-refractivity contribution in [2.75, 3.05) is 0 Å². The molecule has 0 atom stereocenters. The van der Waals surface area contributed by atoms with Gasteiger partial charge in [-0.15, -0.1) is 0 Å². The topological polar surface area (TPSA) is 116 Å². The van der Waals surface area contributed by atoms with E-state index in [1.165, 1.54) is 10.6 Å². The van der Waals surface area contributed by atoms with Gasteiger partial charge in [0, 0.05) is 6.20 Å². The average molecular weight is 285 g/mol. The molecule has 0 unspecified atom stereocenters. The standard InChI is InChI=1S/C13H11N5O3/c14-17-12(19)9-4-1-3-8(16-9)7-18-11-10(21-13(18)20)5-2-6-15-11/h1-6H,7,14H2,(H,17,19). The van der Waals surface area contributed by atoms with Crippen molar-refractivity contribution in [1.82, 2.24) is 20.0 Å². The van der Waals surface area contributed by atoms with Gasteiger partial charge in [-0.3, -0.25) is 14.8 Å². The normalized spacial score (nSPS) is 10.7. The summed E-state index contributed by atoms with van der Waals surface area (Å²) in [6.45, 7) is 0.147. The van der Waals surface area contributed by atoms with Gasteiger partial charge in [-0.05, 0) is 24.3 Å². The van der Waals surface area contributed by atoms with E-state index >= 15 is 0 Å². The number of fused-ring (bicyclic) bond motifs is 1. The number of aromatic nitrogens is 3. The maximum Gasteiger partial charge on any atom is 0.421 e. The smallest absolute Gasteiger partial charge is 0.406 e. The molecule has 8 heteroatoms. The summed E-state index contributed by atoms with van der Waals surface area (Å²) < 4.78 is 6.44. The highest BCUT2D eigenvalue weighted by atomic mass is 16.4. The van der Waals surface area contributed by atoms with E-state index in [1.54, 1.807) is 30.5 Å². The van der Waals surface area contributed by atoms with Crippen molar-refractivity contribution in [3.05, 3.63) is 58.5 Å². The largest absolute Gasteiger partial charge is 0.421 e. The SMILES string of the molecule is NNC(=O)c1cccc(Cn2c(=O)oc3cccnc32)n1. The van der Waals surface area contributed by atoms with E-state index in [1.807, 2.05) is 5.43 Å². The number of rotatable bonds is 3. The van der Waals surface area contributed by atoms with Crippen molar-refractivity contribution < 1.29 is 9.21 Å². The van der Waals surface area contributed by atoms with Gasteiger partial charge in [0.1, 0.15) is 5.69 Å². The van der Waals surface area contributed by atoms with Crippen LogP contribution in [-0.4, -0.2) is 20.4 Å². The molecule has 3 N–H and O–H groups in total. The fourth-order valence-corrected chi connectivity index (χ4v) is 1.97. The Morgan fingerprint density at radius 2 is 2.19 bits per heavy atom. The van der Waals surface area contributed by atoms with Crippen LogP contribution < -0.4 is 17.0 Å². The van der Waals surface area contributed by atoms with Crippen molar-refractivity contribution in [2.45, 2.75) is 6.54 Å². The maximum absolute atomic E-state index is 11.8. The van der Waals surface area contributed by atoms with Crippen LogP contribution in [-0.2, 0) is 6.54 Å². The van der Waals surface area contributed by atoms with E-state index in [0.717, 1.165) is 0 Å². The summed E-state index contributed by atoms with van der Waals surface area (Å²) in [7, 11) is 0. The van der Waals surface area contributed by atoms with E-state index in [0.29, 0.717) is 16.9 Å². The number of oxazole rings is 1. The Labute approximate surface area is 118 Å². The van der Waals surface area contributed by atoms with Gasteiger partial charge in [0.15, 0.2) is 11.2 Å². The molecule has 0 bridgehead atoms. The van der Waals surface area contributed by atoms with Crippen molar-refractivity contribution in [2.24, 2.45) is 5.84 Å². The Hall–Kier alpha value is -3.00. The summed E-state index contributed by atoms with van der Waals surface area (Å²) in [5.74, 6) is 4.04. The minimum atomic E-state index is -0.529. The minimum absolute atomic E-state index is 0.147. The maximum atomic E-state index is 11.8. The molecule has 3 aromatic rings. The number of amides is 1. The lowest BCUT2D eigenvalue weighted by atomic mass is 10.3. The first-order valence-electron chi connectivity index (χ1n) is 6.10. The summed E-state index contributed by atoms with van der Waals surface area (Å²) >= 11 is 0. The van der Waals surface area contributed by atoms with E-state index in [-0.39, 0.29) is 12.2 Å². The summed E-state index contributed by atoms with van der Waals surface area (Å²) in [5, 5.41) is 0. The minimum Gasteiger partial charge on any atom is -0.406 e. The number of carbonyl (C=O) groups is 1. The fraction of sp³-hybridized carbons (Fsp3) is 0.0769. The molecule has 3 aromatic heterocycles. The number of nitrogens with two attached hydrogens (primary N) is 1. The number of hydrogen-bond acceptors (Lipinski definition) is 6. The molecule has 0 saturated carbocycles. The third-order valence-corrected chi connectivity index (χ3v) is 2.91. The molecule has 3 heterocycles. The van der Waals surface area contributed by atoms with E-state index < -0.39 is 11.7 Å². The van der Waals surface area contributed by atoms with Crippen molar-refractivity contribution >= 4 is 17.1 Å². The molecule has 0 aromatic carbocycles. The van der Waals surface area contributed by atoms with Crippen LogP contribution in [0, 0.1) is 0 Å². The molecule has 1 amide bonds. The van der Waals surface area contributed by atoms with Gasteiger partial charge >= 0.3 is 5.76 Å². The van der Waals surface area contributed by atoms with Gasteiger partial charge in [0.05, 0.1) is 12.2 Å². The van der Waals surface area contributed by atoms with Crippen LogP contribution in [0.4, 0.5) is 0 Å². The highest BCUT2D eigenvalue weighted by molar-refractivity contribution is 5.91. The number of nitrogens with one attached hydrogen (secondary N) is 1. The molecular formula is C13H11N5O3. The Morgan fingerprint density at radius 1 is 1.33 bits per heavy atom. The first kappa shape index (κ1) is 13.0. The van der Waals surface area contributed by atoms with Crippen LogP contribution in [0.3, 0.4) is 0 Å². The second-order valence-electron chi connectivity index (χ2n) is 4.27. The Morgan fingerprint density at radius 3 is 3.00 bits per heavy atom. The molecule has 21 heavy (non-hydrogen) atoms. The number of hydrazine groups is 1. The number of pyridine rings is 2. The highest BCUT2D eigenvalue weighted by Gasteiger charge is 2.12. The Balaban J connectivity index is 2.01. The molecule has 0 fully saturated rings. The highest BCUT2D eigenvalue weighted by Crippen LogP contribution is 2.10. The molecule has 106 valence electrons. The molecule has 0 spiro atoms. The van der Waals surface area contributed by atoms with Crippen LogP contribution >= 0.6 is 0 Å². The fourth-order valence-electron chi connectivity index (χ4n) is 1.97. The monoisotopic (exact) mass is 285 g/mol. The lowest BCUT2D eigenvalue weighted by Crippen LogP contribution is -2.31. The third-order valence-electron chi connectivity index (χ3n) is 2.91. The molecule has 0 aliphatic rings. The van der Waals surface area contributed by atoms with Crippen molar-refractivity contribution in [3.8, 4) is 0 Å². The van der Waals surface area contributed by atoms with Crippen LogP contribution in [0.25, 0.3) is 11.2 Å². The first-order valence-corrected chi connectivity index (χ1v) is 6.10. The molecule has 0 aliphatic carbocycles.